The molecule has 2 amide bonds. The molecule has 0 unspecified atom stereocenters. The minimum absolute atomic E-state index is 0.100. The summed E-state index contributed by atoms with van der Waals surface area (Å²) in [7, 11) is 0.512. The molecule has 12 nitrogen and oxygen atoms in total. The Kier molecular flexibility index (Phi) is 9.79. The fraction of sp³-hybridized carbons (Fsp3) is 0.378. The Labute approximate surface area is 291 Å². The van der Waals surface area contributed by atoms with Gasteiger partial charge in [-0.25, -0.2) is 13.2 Å². The monoisotopic (exact) mass is 702 g/mol. The molecule has 2 fully saturated rings. The highest BCUT2D eigenvalue weighted by atomic mass is 32.2. The molecule has 2 atom stereocenters. The predicted molar refractivity (Wildman–Crippen MR) is 191 cm³/mol. The van der Waals surface area contributed by atoms with Gasteiger partial charge in [-0.2, -0.15) is 0 Å². The van der Waals surface area contributed by atoms with E-state index < -0.39 is 33.3 Å². The van der Waals surface area contributed by atoms with Gasteiger partial charge in [-0.05, 0) is 110 Å². The van der Waals surface area contributed by atoms with Crippen molar-refractivity contribution in [1.82, 2.24) is 9.88 Å². The number of nitrogens with one attached hydrogen (secondary N) is 3. The number of amides is 2. The van der Waals surface area contributed by atoms with Gasteiger partial charge in [0.2, 0.25) is 5.91 Å². The number of carbonyl (C=O) groups is 2. The molecule has 0 bridgehead atoms. The number of methoxy groups -OCH3 is 3. The third-order valence-electron chi connectivity index (χ3n) is 9.51. The number of H-pyrrole nitrogens is 1. The topological polar surface area (TPSA) is 156 Å². The molecule has 3 N–H and O–H groups in total. The Hall–Kier alpha value is -5.04. The van der Waals surface area contributed by atoms with Gasteiger partial charge in [0, 0.05) is 29.5 Å². The largest absolute Gasteiger partial charge is 0.493 e. The van der Waals surface area contributed by atoms with Crippen molar-refractivity contribution in [3.05, 3.63) is 87.8 Å². The Balaban J connectivity index is 1.43. The van der Waals surface area contributed by atoms with Crippen molar-refractivity contribution < 1.29 is 32.2 Å². The van der Waals surface area contributed by atoms with Crippen LogP contribution in [-0.2, 0) is 19.4 Å². The van der Waals surface area contributed by atoms with Gasteiger partial charge in [-0.3, -0.25) is 14.9 Å². The van der Waals surface area contributed by atoms with Crippen LogP contribution < -0.4 is 25.7 Å². The number of nitrogens with zero attached hydrogens (tertiary/aromatic N) is 1. The van der Waals surface area contributed by atoms with E-state index in [0.29, 0.717) is 64.7 Å². The summed E-state index contributed by atoms with van der Waals surface area (Å²) >= 11 is 0. The van der Waals surface area contributed by atoms with E-state index in [9.17, 15) is 22.8 Å². The van der Waals surface area contributed by atoms with Gasteiger partial charge < -0.3 is 29.4 Å². The number of fused-ring (bicyclic) bond motifs is 1. The van der Waals surface area contributed by atoms with Crippen molar-refractivity contribution in [2.45, 2.75) is 67.7 Å². The molecule has 1 aliphatic carbocycles. The van der Waals surface area contributed by atoms with Gasteiger partial charge in [-0.15, -0.1) is 0 Å². The van der Waals surface area contributed by atoms with Crippen LogP contribution in [0.15, 0.2) is 70.5 Å². The minimum Gasteiger partial charge on any atom is -0.493 e. The van der Waals surface area contributed by atoms with Gasteiger partial charge in [0.25, 0.3) is 5.56 Å². The second-order valence-corrected chi connectivity index (χ2v) is 15.4. The quantitative estimate of drug-likeness (QED) is 0.163. The number of hydrogen-bond donors (Lipinski definition) is 3. The highest BCUT2D eigenvalue weighted by molar-refractivity contribution is 7.92. The minimum atomic E-state index is -3.77. The Morgan fingerprint density at radius 2 is 1.62 bits per heavy atom. The standard InChI is InChI=1S/C37H42N4O8S/c1-21(2)50(45,46)33-15-12-25(40-37(44)49-5)19-28(33)30-7-6-16-41(30)36(43)34(23-10-14-31(47-3)32(17-23)48-4)39-24-11-13-26-27(18-24)35(42)38-20-29(26)22-8-9-22/h10-15,17-22,30,34,39H,6-9,16H2,1-5H3,(H,38,42)(H,40,44)/t30-,34-/m1/s1. The summed E-state index contributed by atoms with van der Waals surface area (Å²) in [5, 5.41) is 6.70. The summed E-state index contributed by atoms with van der Waals surface area (Å²) in [4.78, 5) is 44.6. The van der Waals surface area contributed by atoms with E-state index in [1.165, 1.54) is 33.5 Å². The molecule has 1 aromatic heterocycles. The Morgan fingerprint density at radius 3 is 2.30 bits per heavy atom. The van der Waals surface area contributed by atoms with Crippen LogP contribution in [0.25, 0.3) is 10.8 Å². The molecule has 0 radical (unpaired) electrons. The van der Waals surface area contributed by atoms with E-state index in [-0.39, 0.29) is 16.4 Å². The molecule has 2 heterocycles. The number of pyridine rings is 1. The molecular weight excluding hydrogens is 660 g/mol. The van der Waals surface area contributed by atoms with Crippen molar-refractivity contribution in [3.8, 4) is 11.5 Å². The first-order chi connectivity index (χ1) is 24.0. The summed E-state index contributed by atoms with van der Waals surface area (Å²) in [5.74, 6) is 1.04. The smallest absolute Gasteiger partial charge is 0.411 e. The summed E-state index contributed by atoms with van der Waals surface area (Å²) in [6.45, 7) is 3.58. The van der Waals surface area contributed by atoms with Crippen LogP contribution >= 0.6 is 0 Å². The molecule has 2 aliphatic rings. The second-order valence-electron chi connectivity index (χ2n) is 13.0. The number of hydrogen-bond acceptors (Lipinski definition) is 9. The average Bonchev–Trinajstić information content (AvgIpc) is 3.84. The number of rotatable bonds is 11. The molecule has 264 valence electrons. The third-order valence-corrected chi connectivity index (χ3v) is 11.7. The van der Waals surface area contributed by atoms with Gasteiger partial charge in [0.1, 0.15) is 6.04 Å². The molecule has 50 heavy (non-hydrogen) atoms. The lowest BCUT2D eigenvalue weighted by molar-refractivity contribution is -0.133. The molecule has 1 saturated carbocycles. The molecule has 6 rings (SSSR count). The lowest BCUT2D eigenvalue weighted by Gasteiger charge is -2.32. The van der Waals surface area contributed by atoms with Crippen molar-refractivity contribution in [2.75, 3.05) is 38.5 Å². The Morgan fingerprint density at radius 1 is 0.880 bits per heavy atom. The van der Waals surface area contributed by atoms with E-state index in [1.807, 2.05) is 12.1 Å². The number of aromatic amines is 1. The third kappa shape index (κ3) is 6.74. The number of sulfone groups is 1. The number of likely N-dealkylation sites (tertiary alicyclic amines) is 1. The zero-order chi connectivity index (χ0) is 35.7. The highest BCUT2D eigenvalue weighted by Crippen LogP contribution is 2.43. The predicted octanol–water partition coefficient (Wildman–Crippen LogP) is 6.30. The van der Waals surface area contributed by atoms with Crippen molar-refractivity contribution in [2.24, 2.45) is 0 Å². The maximum absolute atomic E-state index is 14.9. The van der Waals surface area contributed by atoms with Crippen LogP contribution in [0.5, 0.6) is 11.5 Å². The van der Waals surface area contributed by atoms with E-state index in [1.54, 1.807) is 55.3 Å². The van der Waals surface area contributed by atoms with Crippen LogP contribution in [0, 0.1) is 0 Å². The molecule has 1 saturated heterocycles. The zero-order valence-electron chi connectivity index (χ0n) is 28.7. The SMILES string of the molecule is COC(=O)Nc1ccc(S(=O)(=O)C(C)C)c([C@H]2CCCN2C(=O)[C@H](Nc2ccc3c(C4CC4)c[nH]c(=O)c3c2)c2ccc(OC)c(OC)c2)c1. The van der Waals surface area contributed by atoms with Crippen molar-refractivity contribution in [3.63, 3.8) is 0 Å². The first kappa shape index (κ1) is 34.8. The van der Waals surface area contributed by atoms with Crippen LogP contribution in [0.4, 0.5) is 16.2 Å². The molecule has 0 spiro atoms. The second kappa shape index (κ2) is 14.1. The highest BCUT2D eigenvalue weighted by Gasteiger charge is 2.38. The first-order valence-corrected chi connectivity index (χ1v) is 18.2. The maximum Gasteiger partial charge on any atom is 0.411 e. The normalized spacial score (nSPS) is 16.7. The molecule has 4 aromatic rings. The average molecular weight is 703 g/mol. The van der Waals surface area contributed by atoms with Crippen LogP contribution in [0.1, 0.15) is 74.2 Å². The summed E-state index contributed by atoms with van der Waals surface area (Å²) in [6, 6.07) is 13.8. The maximum atomic E-state index is 14.9. The van der Waals surface area contributed by atoms with Crippen LogP contribution in [0.3, 0.4) is 0 Å². The van der Waals surface area contributed by atoms with E-state index >= 15 is 0 Å². The van der Waals surface area contributed by atoms with Gasteiger partial charge in [0.15, 0.2) is 21.3 Å². The number of anilines is 2. The first-order valence-electron chi connectivity index (χ1n) is 16.6. The van der Waals surface area contributed by atoms with Crippen LogP contribution in [0.2, 0.25) is 0 Å². The molecule has 1 aliphatic heterocycles. The number of benzene rings is 3. The zero-order valence-corrected chi connectivity index (χ0v) is 29.6. The van der Waals surface area contributed by atoms with E-state index in [4.69, 9.17) is 14.2 Å². The summed E-state index contributed by atoms with van der Waals surface area (Å²) < 4.78 is 43.1. The van der Waals surface area contributed by atoms with E-state index in [2.05, 4.69) is 15.6 Å². The molecular formula is C37H42N4O8S. The Bertz CT molecular complexity index is 2110. The summed E-state index contributed by atoms with van der Waals surface area (Å²) in [6.07, 6.45) is 4.38. The van der Waals surface area contributed by atoms with Crippen molar-refractivity contribution in [1.29, 1.82) is 0 Å². The van der Waals surface area contributed by atoms with Crippen LogP contribution in [-0.4, -0.2) is 63.4 Å². The van der Waals surface area contributed by atoms with Crippen molar-refractivity contribution >= 4 is 44.0 Å². The number of ether oxygens (including phenoxy) is 3. The summed E-state index contributed by atoms with van der Waals surface area (Å²) in [5.41, 5.74) is 2.78. The lowest BCUT2D eigenvalue weighted by Crippen LogP contribution is -2.38. The number of carbonyl (C=O) groups excluding carboxylic acids is 2. The number of aromatic nitrogens is 1. The van der Waals surface area contributed by atoms with Gasteiger partial charge >= 0.3 is 6.09 Å². The molecule has 3 aromatic carbocycles. The molecule has 13 heteroatoms. The van der Waals surface area contributed by atoms with Gasteiger partial charge in [-0.1, -0.05) is 12.1 Å². The fourth-order valence-electron chi connectivity index (χ4n) is 6.68. The fourth-order valence-corrected chi connectivity index (χ4v) is 7.97. The lowest BCUT2D eigenvalue weighted by atomic mass is 10.00. The van der Waals surface area contributed by atoms with E-state index in [0.717, 1.165) is 23.8 Å². The van der Waals surface area contributed by atoms with Gasteiger partial charge in [0.05, 0.1) is 37.5 Å².